The lowest BCUT2D eigenvalue weighted by Gasteiger charge is -2.29. The molecular weight excluding hydrogens is 212 g/mol. The number of aryl methyl sites for hydroxylation is 2. The highest BCUT2D eigenvalue weighted by Crippen LogP contribution is 2.21. The highest BCUT2D eigenvalue weighted by Gasteiger charge is 2.11. The van der Waals surface area contributed by atoms with E-state index < -0.39 is 0 Å². The van der Waals surface area contributed by atoms with E-state index in [1.807, 2.05) is 0 Å². The maximum atomic E-state index is 5.55. The van der Waals surface area contributed by atoms with Gasteiger partial charge in [0.25, 0.3) is 0 Å². The maximum Gasteiger partial charge on any atom is 0.0642 e. The van der Waals surface area contributed by atoms with Crippen LogP contribution in [0.4, 0.5) is 5.69 Å². The van der Waals surface area contributed by atoms with E-state index >= 15 is 0 Å². The summed E-state index contributed by atoms with van der Waals surface area (Å²) in [5, 5.41) is 0. The number of nitrogens with zero attached hydrogens (tertiary/aromatic N) is 1. The summed E-state index contributed by atoms with van der Waals surface area (Å²) < 4.78 is 5.37. The van der Waals surface area contributed by atoms with Crippen molar-refractivity contribution in [2.45, 2.75) is 19.8 Å². The molecule has 0 atom stereocenters. The van der Waals surface area contributed by atoms with Gasteiger partial charge in [-0.3, -0.25) is 0 Å². The molecule has 0 aliphatic carbocycles. The van der Waals surface area contributed by atoms with Gasteiger partial charge in [0.1, 0.15) is 0 Å². The van der Waals surface area contributed by atoms with E-state index in [1.165, 1.54) is 16.8 Å². The van der Waals surface area contributed by atoms with Crippen molar-refractivity contribution in [1.29, 1.82) is 0 Å². The molecule has 0 saturated carbocycles. The second-order valence-corrected chi connectivity index (χ2v) is 4.60. The van der Waals surface area contributed by atoms with Crippen LogP contribution < -0.4 is 10.6 Å². The fraction of sp³-hybridized carbons (Fsp3) is 0.571. The lowest BCUT2D eigenvalue weighted by molar-refractivity contribution is 0.122. The van der Waals surface area contributed by atoms with Crippen molar-refractivity contribution in [3.05, 3.63) is 29.3 Å². The van der Waals surface area contributed by atoms with Crippen LogP contribution in [-0.2, 0) is 11.2 Å². The molecule has 0 bridgehead atoms. The number of rotatable bonds is 4. The van der Waals surface area contributed by atoms with Crippen LogP contribution >= 0.6 is 0 Å². The molecule has 1 aliphatic heterocycles. The fourth-order valence-electron chi connectivity index (χ4n) is 2.27. The molecule has 0 aromatic heterocycles. The van der Waals surface area contributed by atoms with E-state index in [9.17, 15) is 0 Å². The Morgan fingerprint density at radius 2 is 2.06 bits per heavy atom. The quantitative estimate of drug-likeness (QED) is 0.862. The van der Waals surface area contributed by atoms with Crippen molar-refractivity contribution in [3.63, 3.8) is 0 Å². The number of ether oxygens (including phenoxy) is 1. The van der Waals surface area contributed by atoms with E-state index in [2.05, 4.69) is 30.0 Å². The van der Waals surface area contributed by atoms with Crippen molar-refractivity contribution < 1.29 is 4.74 Å². The number of benzene rings is 1. The normalized spacial score (nSPS) is 16.2. The smallest absolute Gasteiger partial charge is 0.0642 e. The highest BCUT2D eigenvalue weighted by atomic mass is 16.5. The molecule has 3 heteroatoms. The van der Waals surface area contributed by atoms with Crippen LogP contribution in [0.25, 0.3) is 0 Å². The first-order valence-electron chi connectivity index (χ1n) is 6.43. The zero-order valence-corrected chi connectivity index (χ0v) is 10.6. The third-order valence-electron chi connectivity index (χ3n) is 3.35. The molecule has 2 N–H and O–H groups in total. The van der Waals surface area contributed by atoms with Crippen molar-refractivity contribution in [2.75, 3.05) is 37.7 Å². The second-order valence-electron chi connectivity index (χ2n) is 4.60. The summed E-state index contributed by atoms with van der Waals surface area (Å²) in [6.45, 7) is 6.64. The molecule has 1 aliphatic rings. The standard InChI is InChI=1S/C14H22N2O/c1-12-11-14(16-7-9-17-10-8-16)5-4-13(12)3-2-6-15/h4-5,11H,2-3,6-10,15H2,1H3. The molecule has 94 valence electrons. The van der Waals surface area contributed by atoms with Crippen molar-refractivity contribution in [1.82, 2.24) is 0 Å². The largest absolute Gasteiger partial charge is 0.378 e. The predicted molar refractivity (Wildman–Crippen MR) is 71.6 cm³/mol. The summed E-state index contributed by atoms with van der Waals surface area (Å²) in [6.07, 6.45) is 2.16. The van der Waals surface area contributed by atoms with E-state index in [4.69, 9.17) is 10.5 Å². The molecule has 2 rings (SSSR count). The van der Waals surface area contributed by atoms with Gasteiger partial charge >= 0.3 is 0 Å². The fourth-order valence-corrected chi connectivity index (χ4v) is 2.27. The SMILES string of the molecule is Cc1cc(N2CCOCC2)ccc1CCCN. The zero-order valence-electron chi connectivity index (χ0n) is 10.6. The molecule has 0 unspecified atom stereocenters. The van der Waals surface area contributed by atoms with E-state index in [0.29, 0.717) is 0 Å². The minimum atomic E-state index is 0.769. The zero-order chi connectivity index (χ0) is 12.1. The minimum absolute atomic E-state index is 0.769. The third kappa shape index (κ3) is 3.20. The number of anilines is 1. The van der Waals surface area contributed by atoms with Gasteiger partial charge in [0, 0.05) is 18.8 Å². The Morgan fingerprint density at radius 1 is 1.29 bits per heavy atom. The number of hydrogen-bond donors (Lipinski definition) is 1. The van der Waals surface area contributed by atoms with Crippen LogP contribution in [0.5, 0.6) is 0 Å². The first kappa shape index (κ1) is 12.4. The van der Waals surface area contributed by atoms with Gasteiger partial charge < -0.3 is 15.4 Å². The Labute approximate surface area is 104 Å². The molecule has 1 heterocycles. The molecular formula is C14H22N2O. The Kier molecular flexibility index (Phi) is 4.40. The van der Waals surface area contributed by atoms with Crippen LogP contribution in [0.1, 0.15) is 17.5 Å². The van der Waals surface area contributed by atoms with E-state index in [0.717, 1.165) is 45.7 Å². The van der Waals surface area contributed by atoms with Gasteiger partial charge in [0.2, 0.25) is 0 Å². The molecule has 17 heavy (non-hydrogen) atoms. The van der Waals surface area contributed by atoms with Gasteiger partial charge in [-0.25, -0.2) is 0 Å². The summed E-state index contributed by atoms with van der Waals surface area (Å²) in [5.74, 6) is 0. The van der Waals surface area contributed by atoms with E-state index in [1.54, 1.807) is 0 Å². The number of nitrogens with two attached hydrogens (primary N) is 1. The first-order valence-corrected chi connectivity index (χ1v) is 6.43. The van der Waals surface area contributed by atoms with Crippen LogP contribution in [0.15, 0.2) is 18.2 Å². The van der Waals surface area contributed by atoms with Crippen LogP contribution in [0.3, 0.4) is 0 Å². The van der Waals surface area contributed by atoms with Gasteiger partial charge in [-0.2, -0.15) is 0 Å². The summed E-state index contributed by atoms with van der Waals surface area (Å²) in [6, 6.07) is 6.76. The number of hydrogen-bond acceptors (Lipinski definition) is 3. The first-order chi connectivity index (χ1) is 8.31. The van der Waals surface area contributed by atoms with Crippen molar-refractivity contribution in [3.8, 4) is 0 Å². The summed E-state index contributed by atoms with van der Waals surface area (Å²) in [4.78, 5) is 2.39. The Hall–Kier alpha value is -1.06. The monoisotopic (exact) mass is 234 g/mol. The number of morpholine rings is 1. The minimum Gasteiger partial charge on any atom is -0.378 e. The van der Waals surface area contributed by atoms with Gasteiger partial charge in [-0.15, -0.1) is 0 Å². The highest BCUT2D eigenvalue weighted by molar-refractivity contribution is 5.51. The molecule has 1 aromatic carbocycles. The molecule has 0 radical (unpaired) electrons. The molecule has 3 nitrogen and oxygen atoms in total. The molecule has 1 aromatic rings. The Morgan fingerprint density at radius 3 is 2.71 bits per heavy atom. The summed E-state index contributed by atoms with van der Waals surface area (Å²) >= 11 is 0. The van der Waals surface area contributed by atoms with Crippen LogP contribution in [-0.4, -0.2) is 32.8 Å². The third-order valence-corrected chi connectivity index (χ3v) is 3.35. The van der Waals surface area contributed by atoms with E-state index in [-0.39, 0.29) is 0 Å². The average molecular weight is 234 g/mol. The molecule has 1 saturated heterocycles. The second kappa shape index (κ2) is 6.03. The maximum absolute atomic E-state index is 5.55. The van der Waals surface area contributed by atoms with Gasteiger partial charge in [-0.05, 0) is 49.6 Å². The Balaban J connectivity index is 2.06. The lowest BCUT2D eigenvalue weighted by Crippen LogP contribution is -2.36. The van der Waals surface area contributed by atoms with Crippen LogP contribution in [0.2, 0.25) is 0 Å². The van der Waals surface area contributed by atoms with Crippen LogP contribution in [0, 0.1) is 6.92 Å². The summed E-state index contributed by atoms with van der Waals surface area (Å²) in [7, 11) is 0. The Bertz CT molecular complexity index is 359. The van der Waals surface area contributed by atoms with Gasteiger partial charge in [-0.1, -0.05) is 6.07 Å². The lowest BCUT2D eigenvalue weighted by atomic mass is 10.0. The molecule has 1 fully saturated rings. The average Bonchev–Trinajstić information content (AvgIpc) is 2.38. The van der Waals surface area contributed by atoms with Gasteiger partial charge in [0.05, 0.1) is 13.2 Å². The molecule has 0 spiro atoms. The predicted octanol–water partition coefficient (Wildman–Crippen LogP) is 1.72. The van der Waals surface area contributed by atoms with Gasteiger partial charge in [0.15, 0.2) is 0 Å². The molecule has 0 amide bonds. The van der Waals surface area contributed by atoms with Crippen molar-refractivity contribution in [2.24, 2.45) is 5.73 Å². The summed E-state index contributed by atoms with van der Waals surface area (Å²) in [5.41, 5.74) is 9.67. The van der Waals surface area contributed by atoms with Crippen molar-refractivity contribution >= 4 is 5.69 Å². The topological polar surface area (TPSA) is 38.5 Å².